The molecule has 0 fully saturated rings. The van der Waals surface area contributed by atoms with Gasteiger partial charge in [0.25, 0.3) is 5.92 Å². The fraction of sp³-hybridized carbons (Fsp3) is 0.500. The van der Waals surface area contributed by atoms with Crippen LogP contribution in [-0.2, 0) is 6.42 Å². The maximum atomic E-state index is 13.6. The molecule has 0 aliphatic heterocycles. The second-order valence-electron chi connectivity index (χ2n) is 4.11. The highest BCUT2D eigenvalue weighted by molar-refractivity contribution is 5.34. The molecule has 0 bridgehead atoms. The van der Waals surface area contributed by atoms with E-state index in [0.29, 0.717) is 6.42 Å². The highest BCUT2D eigenvalue weighted by atomic mass is 19.3. The van der Waals surface area contributed by atoms with Crippen LogP contribution < -0.4 is 5.73 Å². The number of halogens is 2. The van der Waals surface area contributed by atoms with Crippen LogP contribution in [0.1, 0.15) is 29.9 Å². The van der Waals surface area contributed by atoms with Crippen LogP contribution in [0.3, 0.4) is 0 Å². The van der Waals surface area contributed by atoms with Gasteiger partial charge in [0.15, 0.2) is 0 Å². The molecule has 2 N–H and O–H groups in total. The van der Waals surface area contributed by atoms with Crippen molar-refractivity contribution < 1.29 is 8.78 Å². The number of hydrogen-bond acceptors (Lipinski definition) is 1. The van der Waals surface area contributed by atoms with Gasteiger partial charge in [-0.05, 0) is 30.4 Å². The summed E-state index contributed by atoms with van der Waals surface area (Å²) in [7, 11) is 0. The molecule has 3 heteroatoms. The van der Waals surface area contributed by atoms with Crippen LogP contribution in [0.25, 0.3) is 0 Å². The fourth-order valence-corrected chi connectivity index (χ4v) is 2.33. The molecule has 1 unspecified atom stereocenters. The zero-order valence-electron chi connectivity index (χ0n) is 8.55. The van der Waals surface area contributed by atoms with Gasteiger partial charge >= 0.3 is 0 Å². The predicted molar refractivity (Wildman–Crippen MR) is 56.1 cm³/mol. The van der Waals surface area contributed by atoms with E-state index in [1.165, 1.54) is 0 Å². The molecular formula is C12H15F2N. The van der Waals surface area contributed by atoms with Gasteiger partial charge in [0.1, 0.15) is 0 Å². The van der Waals surface area contributed by atoms with Crippen molar-refractivity contribution in [3.05, 3.63) is 35.4 Å². The lowest BCUT2D eigenvalue weighted by Crippen LogP contribution is -2.36. The van der Waals surface area contributed by atoms with Crippen molar-refractivity contribution in [1.82, 2.24) is 0 Å². The van der Waals surface area contributed by atoms with Crippen molar-refractivity contribution in [1.29, 1.82) is 0 Å². The van der Waals surface area contributed by atoms with E-state index in [9.17, 15) is 8.78 Å². The van der Waals surface area contributed by atoms with Gasteiger partial charge in [-0.3, -0.25) is 0 Å². The van der Waals surface area contributed by atoms with E-state index in [1.807, 2.05) is 24.3 Å². The zero-order chi connectivity index (χ0) is 10.9. The third-order valence-corrected chi connectivity index (χ3v) is 3.15. The van der Waals surface area contributed by atoms with Crippen molar-refractivity contribution in [2.75, 3.05) is 6.54 Å². The van der Waals surface area contributed by atoms with Crippen LogP contribution in [0.5, 0.6) is 0 Å². The third-order valence-electron chi connectivity index (χ3n) is 3.15. The molecule has 1 aliphatic rings. The number of hydrogen-bond donors (Lipinski definition) is 1. The van der Waals surface area contributed by atoms with E-state index in [-0.39, 0.29) is 0 Å². The zero-order valence-corrected chi connectivity index (χ0v) is 8.55. The number of fused-ring (bicyclic) bond motifs is 1. The molecule has 0 radical (unpaired) electrons. The summed E-state index contributed by atoms with van der Waals surface area (Å²) in [6.07, 6.45) is 2.28. The molecule has 0 heterocycles. The molecule has 0 amide bonds. The van der Waals surface area contributed by atoms with Crippen molar-refractivity contribution in [3.8, 4) is 0 Å². The standard InChI is InChI=1S/C12H15F2N/c13-12(14,8-15)11-7-3-5-9-4-1-2-6-10(9)11/h1-2,4,6,11H,3,5,7-8,15H2. The first kappa shape index (κ1) is 10.6. The lowest BCUT2D eigenvalue weighted by Gasteiger charge is -2.31. The summed E-state index contributed by atoms with van der Waals surface area (Å²) in [5.41, 5.74) is 6.99. The second-order valence-corrected chi connectivity index (χ2v) is 4.11. The predicted octanol–water partition coefficient (Wildman–Crippen LogP) is 2.70. The lowest BCUT2D eigenvalue weighted by atomic mass is 9.79. The van der Waals surface area contributed by atoms with E-state index < -0.39 is 18.4 Å². The Morgan fingerprint density at radius 2 is 2.07 bits per heavy atom. The van der Waals surface area contributed by atoms with Gasteiger partial charge in [-0.1, -0.05) is 24.3 Å². The van der Waals surface area contributed by atoms with E-state index in [0.717, 1.165) is 24.0 Å². The van der Waals surface area contributed by atoms with Gasteiger partial charge in [0.2, 0.25) is 0 Å². The summed E-state index contributed by atoms with van der Waals surface area (Å²) in [6, 6.07) is 7.47. The van der Waals surface area contributed by atoms with E-state index in [2.05, 4.69) is 0 Å². The van der Waals surface area contributed by atoms with Gasteiger partial charge in [0.05, 0.1) is 6.54 Å². The van der Waals surface area contributed by atoms with Crippen LogP contribution in [-0.4, -0.2) is 12.5 Å². The number of nitrogens with two attached hydrogens (primary N) is 1. The van der Waals surface area contributed by atoms with Crippen LogP contribution >= 0.6 is 0 Å². The molecule has 82 valence electrons. The molecule has 1 aromatic carbocycles. The van der Waals surface area contributed by atoms with Gasteiger partial charge in [0, 0.05) is 5.92 Å². The Morgan fingerprint density at radius 1 is 1.33 bits per heavy atom. The van der Waals surface area contributed by atoms with Crippen LogP contribution in [0.2, 0.25) is 0 Å². The van der Waals surface area contributed by atoms with E-state index in [4.69, 9.17) is 5.73 Å². The molecule has 1 aliphatic carbocycles. The van der Waals surface area contributed by atoms with E-state index >= 15 is 0 Å². The molecule has 0 spiro atoms. The Morgan fingerprint density at radius 3 is 2.80 bits per heavy atom. The molecule has 1 nitrogen and oxygen atoms in total. The summed E-state index contributed by atoms with van der Waals surface area (Å²) in [6.45, 7) is -0.563. The Balaban J connectivity index is 2.38. The smallest absolute Gasteiger partial charge is 0.266 e. The van der Waals surface area contributed by atoms with Gasteiger partial charge < -0.3 is 5.73 Å². The van der Waals surface area contributed by atoms with Gasteiger partial charge in [-0.2, -0.15) is 0 Å². The molecule has 1 aromatic rings. The quantitative estimate of drug-likeness (QED) is 0.799. The first-order valence-electron chi connectivity index (χ1n) is 5.31. The van der Waals surface area contributed by atoms with Gasteiger partial charge in [-0.15, -0.1) is 0 Å². The number of rotatable bonds is 2. The average Bonchev–Trinajstić information content (AvgIpc) is 2.28. The van der Waals surface area contributed by atoms with Crippen molar-refractivity contribution >= 4 is 0 Å². The summed E-state index contributed by atoms with van der Waals surface area (Å²) < 4.78 is 27.2. The molecule has 0 aromatic heterocycles. The molecule has 1 atom stereocenters. The SMILES string of the molecule is NCC(F)(F)C1CCCc2ccccc21. The topological polar surface area (TPSA) is 26.0 Å². The van der Waals surface area contributed by atoms with Crippen molar-refractivity contribution in [2.24, 2.45) is 5.73 Å². The Labute approximate surface area is 88.3 Å². The monoisotopic (exact) mass is 211 g/mol. The minimum absolute atomic E-state index is 0.543. The summed E-state index contributed by atoms with van der Waals surface area (Å²) >= 11 is 0. The first-order chi connectivity index (χ1) is 7.15. The largest absolute Gasteiger partial charge is 0.325 e. The molecular weight excluding hydrogens is 196 g/mol. The highest BCUT2D eigenvalue weighted by Crippen LogP contribution is 2.41. The summed E-state index contributed by atoms with van der Waals surface area (Å²) in [5, 5.41) is 0. The lowest BCUT2D eigenvalue weighted by molar-refractivity contribution is -0.0233. The maximum absolute atomic E-state index is 13.6. The number of alkyl halides is 2. The number of benzene rings is 1. The molecule has 0 saturated carbocycles. The van der Waals surface area contributed by atoms with Gasteiger partial charge in [-0.25, -0.2) is 8.78 Å². The second kappa shape index (κ2) is 3.89. The molecule has 15 heavy (non-hydrogen) atoms. The van der Waals surface area contributed by atoms with Crippen LogP contribution in [0.15, 0.2) is 24.3 Å². The molecule has 2 rings (SSSR count). The molecule has 0 saturated heterocycles. The summed E-state index contributed by atoms with van der Waals surface area (Å²) in [5.74, 6) is -3.45. The average molecular weight is 211 g/mol. The number of aryl methyl sites for hydroxylation is 1. The van der Waals surface area contributed by atoms with Crippen molar-refractivity contribution in [2.45, 2.75) is 31.1 Å². The Kier molecular flexibility index (Phi) is 2.74. The minimum atomic E-state index is -2.77. The van der Waals surface area contributed by atoms with E-state index in [1.54, 1.807) is 0 Å². The fourth-order valence-electron chi connectivity index (χ4n) is 2.33. The summed E-state index contributed by atoms with van der Waals surface area (Å²) in [4.78, 5) is 0. The maximum Gasteiger partial charge on any atom is 0.266 e. The van der Waals surface area contributed by atoms with Crippen LogP contribution in [0.4, 0.5) is 8.78 Å². The first-order valence-corrected chi connectivity index (χ1v) is 5.31. The Hall–Kier alpha value is -0.960. The van der Waals surface area contributed by atoms with Crippen molar-refractivity contribution in [3.63, 3.8) is 0 Å². The minimum Gasteiger partial charge on any atom is -0.325 e. The normalized spacial score (nSPS) is 21.1. The van der Waals surface area contributed by atoms with Crippen LogP contribution in [0, 0.1) is 0 Å². The highest BCUT2D eigenvalue weighted by Gasteiger charge is 2.40. The Bertz CT molecular complexity index is 349. The third kappa shape index (κ3) is 1.88.